The van der Waals surface area contributed by atoms with Crippen molar-refractivity contribution in [3.8, 4) is 23.3 Å². The van der Waals surface area contributed by atoms with E-state index >= 15 is 0 Å². The Morgan fingerprint density at radius 3 is 2.54 bits per heavy atom. The van der Waals surface area contributed by atoms with Crippen LogP contribution in [0.1, 0.15) is 18.1 Å². The predicted octanol–water partition coefficient (Wildman–Crippen LogP) is 3.87. The van der Waals surface area contributed by atoms with Crippen molar-refractivity contribution < 1.29 is 28.5 Å². The standard InChI is InChI=1S/C27H24N2O6/c1-2-32-27(31)26(30)29(16-20-6-4-3-5-7-20)21-10-13-24-25(14-21)35-23(18-34-24)17-33-22-11-8-19(15-28)9-12-22/h3-14,23H,2,16-18H2,1H3/t23-/m1/s1. The molecule has 0 fully saturated rings. The van der Waals surface area contributed by atoms with Gasteiger partial charge >= 0.3 is 11.9 Å². The van der Waals surface area contributed by atoms with Gasteiger partial charge in [0.2, 0.25) is 0 Å². The summed E-state index contributed by atoms with van der Waals surface area (Å²) in [6.45, 7) is 2.45. The number of ether oxygens (including phenoxy) is 4. The van der Waals surface area contributed by atoms with Crippen LogP contribution >= 0.6 is 0 Å². The lowest BCUT2D eigenvalue weighted by molar-refractivity contribution is -0.153. The zero-order valence-corrected chi connectivity index (χ0v) is 19.2. The summed E-state index contributed by atoms with van der Waals surface area (Å²) in [6, 6.07) is 23.3. The van der Waals surface area contributed by atoms with E-state index in [0.717, 1.165) is 5.56 Å². The highest BCUT2D eigenvalue weighted by Crippen LogP contribution is 2.36. The lowest BCUT2D eigenvalue weighted by Crippen LogP contribution is -2.38. The zero-order valence-electron chi connectivity index (χ0n) is 19.2. The van der Waals surface area contributed by atoms with Gasteiger partial charge in [-0.25, -0.2) is 4.79 Å². The number of anilines is 1. The van der Waals surface area contributed by atoms with Crippen LogP contribution in [0.2, 0.25) is 0 Å². The monoisotopic (exact) mass is 472 g/mol. The Bertz CT molecular complexity index is 1220. The van der Waals surface area contributed by atoms with Crippen molar-refractivity contribution in [2.75, 3.05) is 24.7 Å². The Morgan fingerprint density at radius 2 is 1.83 bits per heavy atom. The van der Waals surface area contributed by atoms with Gasteiger partial charge in [-0.3, -0.25) is 9.69 Å². The van der Waals surface area contributed by atoms with Crippen molar-refractivity contribution in [2.45, 2.75) is 19.6 Å². The van der Waals surface area contributed by atoms with Crippen LogP contribution < -0.4 is 19.1 Å². The molecule has 8 nitrogen and oxygen atoms in total. The van der Waals surface area contributed by atoms with E-state index in [4.69, 9.17) is 24.2 Å². The summed E-state index contributed by atoms with van der Waals surface area (Å²) in [4.78, 5) is 26.5. The second-order valence-corrected chi connectivity index (χ2v) is 7.73. The number of nitriles is 1. The highest BCUT2D eigenvalue weighted by molar-refractivity contribution is 6.38. The number of hydrogen-bond donors (Lipinski definition) is 0. The molecule has 1 amide bonds. The van der Waals surface area contributed by atoms with Crippen LogP contribution in [-0.4, -0.2) is 37.8 Å². The number of carbonyl (C=O) groups excluding carboxylic acids is 2. The number of amides is 1. The Balaban J connectivity index is 1.50. The summed E-state index contributed by atoms with van der Waals surface area (Å²) in [5.41, 5.74) is 1.88. The first kappa shape index (κ1) is 23.6. The van der Waals surface area contributed by atoms with Gasteiger partial charge in [-0.05, 0) is 48.9 Å². The Labute approximate surface area is 203 Å². The minimum absolute atomic E-state index is 0.103. The number of fused-ring (bicyclic) bond motifs is 1. The van der Waals surface area contributed by atoms with E-state index in [9.17, 15) is 9.59 Å². The Morgan fingerprint density at radius 1 is 1.06 bits per heavy atom. The first-order valence-corrected chi connectivity index (χ1v) is 11.2. The lowest BCUT2D eigenvalue weighted by atomic mass is 10.1. The molecule has 178 valence electrons. The highest BCUT2D eigenvalue weighted by Gasteiger charge is 2.28. The minimum Gasteiger partial charge on any atom is -0.490 e. The van der Waals surface area contributed by atoms with Crippen molar-refractivity contribution in [1.29, 1.82) is 5.26 Å². The van der Waals surface area contributed by atoms with Gasteiger partial charge in [0.15, 0.2) is 17.6 Å². The molecule has 1 heterocycles. The molecule has 0 saturated carbocycles. The number of benzene rings is 3. The average Bonchev–Trinajstić information content (AvgIpc) is 2.90. The molecular weight excluding hydrogens is 448 g/mol. The smallest absolute Gasteiger partial charge is 0.397 e. The van der Waals surface area contributed by atoms with Gasteiger partial charge in [0.1, 0.15) is 19.0 Å². The van der Waals surface area contributed by atoms with Crippen LogP contribution in [0.4, 0.5) is 5.69 Å². The third kappa shape index (κ3) is 5.89. The molecule has 0 bridgehead atoms. The maximum absolute atomic E-state index is 12.9. The van der Waals surface area contributed by atoms with Crippen LogP contribution in [0.5, 0.6) is 17.2 Å². The second kappa shape index (κ2) is 11.1. The average molecular weight is 472 g/mol. The summed E-state index contributed by atoms with van der Waals surface area (Å²) in [6.07, 6.45) is -0.392. The lowest BCUT2D eigenvalue weighted by Gasteiger charge is -2.28. The number of nitrogens with zero attached hydrogens (tertiary/aromatic N) is 2. The molecule has 0 radical (unpaired) electrons. The first-order valence-electron chi connectivity index (χ1n) is 11.2. The van der Waals surface area contributed by atoms with Crippen molar-refractivity contribution in [1.82, 2.24) is 0 Å². The van der Waals surface area contributed by atoms with Crippen LogP contribution in [-0.2, 0) is 20.9 Å². The molecule has 0 aromatic heterocycles. The number of esters is 1. The second-order valence-electron chi connectivity index (χ2n) is 7.73. The molecule has 3 aromatic rings. The van der Waals surface area contributed by atoms with Gasteiger partial charge in [-0.2, -0.15) is 5.26 Å². The molecule has 0 aliphatic carbocycles. The number of hydrogen-bond acceptors (Lipinski definition) is 7. The van der Waals surface area contributed by atoms with Crippen LogP contribution in [0.3, 0.4) is 0 Å². The van der Waals surface area contributed by atoms with Crippen LogP contribution in [0.25, 0.3) is 0 Å². The molecule has 4 rings (SSSR count). The molecule has 0 spiro atoms. The molecule has 0 unspecified atom stereocenters. The summed E-state index contributed by atoms with van der Waals surface area (Å²) >= 11 is 0. The van der Waals surface area contributed by atoms with E-state index in [1.165, 1.54) is 4.90 Å². The molecule has 35 heavy (non-hydrogen) atoms. The molecule has 1 aliphatic heterocycles. The Hall–Kier alpha value is -4.51. The molecule has 0 saturated heterocycles. The highest BCUT2D eigenvalue weighted by atomic mass is 16.6. The summed E-state index contributed by atoms with van der Waals surface area (Å²) in [7, 11) is 0. The number of carbonyl (C=O) groups is 2. The van der Waals surface area contributed by atoms with E-state index < -0.39 is 18.0 Å². The largest absolute Gasteiger partial charge is 0.490 e. The van der Waals surface area contributed by atoms with E-state index in [1.807, 2.05) is 30.3 Å². The maximum Gasteiger partial charge on any atom is 0.397 e. The van der Waals surface area contributed by atoms with Gasteiger partial charge in [0.25, 0.3) is 0 Å². The van der Waals surface area contributed by atoms with Crippen molar-refractivity contribution in [2.24, 2.45) is 0 Å². The molecule has 1 atom stereocenters. The van der Waals surface area contributed by atoms with Gasteiger partial charge in [0, 0.05) is 11.8 Å². The van der Waals surface area contributed by atoms with Crippen molar-refractivity contribution in [3.63, 3.8) is 0 Å². The molecule has 3 aromatic carbocycles. The summed E-state index contributed by atoms with van der Waals surface area (Å²) in [5.74, 6) is -0.107. The topological polar surface area (TPSA) is 98.1 Å². The van der Waals surface area contributed by atoms with E-state index in [2.05, 4.69) is 6.07 Å². The van der Waals surface area contributed by atoms with E-state index in [1.54, 1.807) is 49.4 Å². The van der Waals surface area contributed by atoms with E-state index in [0.29, 0.717) is 28.5 Å². The van der Waals surface area contributed by atoms with Crippen LogP contribution in [0, 0.1) is 11.3 Å². The SMILES string of the molecule is CCOC(=O)C(=O)N(Cc1ccccc1)c1ccc2c(c1)O[C@H](COc1ccc(C#N)cc1)CO2. The van der Waals surface area contributed by atoms with E-state index in [-0.39, 0.29) is 26.4 Å². The predicted molar refractivity (Wildman–Crippen MR) is 127 cm³/mol. The molecule has 1 aliphatic rings. The Kier molecular flexibility index (Phi) is 7.48. The maximum atomic E-state index is 12.9. The summed E-state index contributed by atoms with van der Waals surface area (Å²) < 4.78 is 22.6. The quantitative estimate of drug-likeness (QED) is 0.380. The normalized spacial score (nSPS) is 13.9. The fraction of sp³-hybridized carbons (Fsp3) is 0.222. The minimum atomic E-state index is -0.924. The summed E-state index contributed by atoms with van der Waals surface area (Å²) in [5, 5.41) is 8.91. The van der Waals surface area contributed by atoms with Gasteiger partial charge < -0.3 is 18.9 Å². The first-order chi connectivity index (χ1) is 17.1. The molecule has 8 heteroatoms. The van der Waals surface area contributed by atoms with Gasteiger partial charge in [-0.1, -0.05) is 30.3 Å². The van der Waals surface area contributed by atoms with Crippen molar-refractivity contribution in [3.05, 3.63) is 83.9 Å². The molecule has 0 N–H and O–H groups in total. The third-order valence-electron chi connectivity index (χ3n) is 5.26. The van der Waals surface area contributed by atoms with Gasteiger partial charge in [0.05, 0.1) is 24.8 Å². The van der Waals surface area contributed by atoms with Gasteiger partial charge in [-0.15, -0.1) is 0 Å². The number of rotatable bonds is 7. The molecular formula is C27H24N2O6. The fourth-order valence-electron chi connectivity index (χ4n) is 3.52. The van der Waals surface area contributed by atoms with Crippen LogP contribution in [0.15, 0.2) is 72.8 Å². The fourth-order valence-corrected chi connectivity index (χ4v) is 3.52. The third-order valence-corrected chi connectivity index (χ3v) is 5.26. The van der Waals surface area contributed by atoms with Crippen molar-refractivity contribution >= 4 is 17.6 Å². The zero-order chi connectivity index (χ0) is 24.6.